The molecule has 4 aromatic heterocycles. The summed E-state index contributed by atoms with van der Waals surface area (Å²) in [5.41, 5.74) is 3.81. The Labute approximate surface area is 268 Å². The third-order valence-corrected chi connectivity index (χ3v) is 7.91. The zero-order valence-corrected chi connectivity index (χ0v) is 25.2. The van der Waals surface area contributed by atoms with E-state index in [1.165, 1.54) is 0 Å². The summed E-state index contributed by atoms with van der Waals surface area (Å²) in [6.45, 7) is 1.34. The second-order valence-electron chi connectivity index (χ2n) is 11.2. The molecule has 47 heavy (non-hydrogen) atoms. The van der Waals surface area contributed by atoms with Gasteiger partial charge in [-0.2, -0.15) is 0 Å². The molecule has 1 aliphatic carbocycles. The van der Waals surface area contributed by atoms with Gasteiger partial charge in [-0.25, -0.2) is 9.67 Å². The van der Waals surface area contributed by atoms with Crippen molar-refractivity contribution in [3.8, 4) is 28.4 Å². The lowest BCUT2D eigenvalue weighted by Crippen LogP contribution is -2.45. The molecule has 0 radical (unpaired) electrons. The Hall–Kier alpha value is -6.05. The van der Waals surface area contributed by atoms with Gasteiger partial charge in [0.05, 0.1) is 30.5 Å². The molecule has 4 heterocycles. The van der Waals surface area contributed by atoms with Crippen molar-refractivity contribution >= 4 is 11.8 Å². The monoisotopic (exact) mass is 633 g/mol. The number of hydrogen-bond acceptors (Lipinski definition) is 10. The Morgan fingerprint density at radius 2 is 1.55 bits per heavy atom. The summed E-state index contributed by atoms with van der Waals surface area (Å²) in [4.78, 5) is 29.5. The lowest BCUT2D eigenvalue weighted by Gasteiger charge is -2.35. The van der Waals surface area contributed by atoms with Crippen LogP contribution in [0.5, 0.6) is 5.88 Å². The number of imidazole rings is 1. The van der Waals surface area contributed by atoms with E-state index in [4.69, 9.17) is 13.8 Å². The lowest BCUT2D eigenvalue weighted by molar-refractivity contribution is 0.0846. The van der Waals surface area contributed by atoms with Crippen molar-refractivity contribution in [3.05, 3.63) is 109 Å². The molecule has 0 saturated heterocycles. The van der Waals surface area contributed by atoms with Gasteiger partial charge in [-0.1, -0.05) is 76.2 Å². The van der Waals surface area contributed by atoms with Gasteiger partial charge < -0.3 is 29.0 Å². The van der Waals surface area contributed by atoms with Gasteiger partial charge in [-0.05, 0) is 19.3 Å². The van der Waals surface area contributed by atoms with Crippen molar-refractivity contribution in [2.24, 2.45) is 0 Å². The highest BCUT2D eigenvalue weighted by atomic mass is 16.5. The predicted octanol–water partition coefficient (Wildman–Crippen LogP) is 4.32. The molecule has 2 aromatic carbocycles. The minimum atomic E-state index is -0.313. The molecule has 0 spiro atoms. The zero-order valence-electron chi connectivity index (χ0n) is 25.2. The normalized spacial score (nSPS) is 15.6. The average molecular weight is 634 g/mol. The fraction of sp³-hybridized carbons (Fsp3) is 0.242. The summed E-state index contributed by atoms with van der Waals surface area (Å²) >= 11 is 0. The first-order valence-electron chi connectivity index (χ1n) is 15.3. The van der Waals surface area contributed by atoms with Gasteiger partial charge in [0.15, 0.2) is 0 Å². The predicted molar refractivity (Wildman–Crippen MR) is 167 cm³/mol. The first-order valence-corrected chi connectivity index (χ1v) is 15.3. The quantitative estimate of drug-likeness (QED) is 0.175. The number of benzene rings is 2. The van der Waals surface area contributed by atoms with Crippen LogP contribution in [-0.2, 0) is 13.2 Å². The van der Waals surface area contributed by atoms with E-state index >= 15 is 0 Å². The maximum atomic E-state index is 12.7. The van der Waals surface area contributed by atoms with E-state index in [1.807, 2.05) is 69.9 Å². The van der Waals surface area contributed by atoms with Crippen LogP contribution in [0.1, 0.15) is 52.1 Å². The van der Waals surface area contributed by atoms with Gasteiger partial charge in [0.2, 0.25) is 17.4 Å². The molecule has 1 fully saturated rings. The van der Waals surface area contributed by atoms with Gasteiger partial charge in [0.1, 0.15) is 18.0 Å². The molecule has 7 rings (SSSR count). The van der Waals surface area contributed by atoms with E-state index in [9.17, 15) is 9.59 Å². The van der Waals surface area contributed by atoms with Crippen molar-refractivity contribution in [1.82, 2.24) is 45.5 Å². The van der Waals surface area contributed by atoms with Gasteiger partial charge >= 0.3 is 0 Å². The minimum absolute atomic E-state index is 0.0151. The van der Waals surface area contributed by atoms with Crippen LogP contribution in [0.15, 0.2) is 101 Å². The number of rotatable bonds is 13. The molecule has 0 unspecified atom stereocenters. The number of aryl methyl sites for hydroxylation is 1. The Bertz CT molecular complexity index is 1940. The highest BCUT2D eigenvalue weighted by Gasteiger charge is 2.34. The van der Waals surface area contributed by atoms with Crippen LogP contribution in [0.2, 0.25) is 0 Å². The molecule has 0 aliphatic heterocycles. The number of amides is 2. The number of carbonyl (C=O) groups excluding carboxylic acids is 2. The molecule has 1 saturated carbocycles. The zero-order chi connectivity index (χ0) is 32.0. The molecule has 1 aliphatic rings. The lowest BCUT2D eigenvalue weighted by atomic mass is 9.86. The van der Waals surface area contributed by atoms with Crippen molar-refractivity contribution in [2.75, 3.05) is 6.54 Å². The van der Waals surface area contributed by atoms with Gasteiger partial charge in [0, 0.05) is 42.4 Å². The van der Waals surface area contributed by atoms with Crippen LogP contribution < -0.4 is 15.4 Å². The molecule has 2 N–H and O–H groups in total. The molecule has 0 bridgehead atoms. The number of nitrogens with one attached hydrogen (secondary N) is 2. The topological polar surface area (TPSA) is 168 Å². The fourth-order valence-electron chi connectivity index (χ4n) is 5.33. The molecular weight excluding hydrogens is 602 g/mol. The summed E-state index contributed by atoms with van der Waals surface area (Å²) in [6.07, 6.45) is 7.26. The summed E-state index contributed by atoms with van der Waals surface area (Å²) in [7, 11) is 0. The van der Waals surface area contributed by atoms with Crippen LogP contribution in [0.25, 0.3) is 22.5 Å². The second-order valence-corrected chi connectivity index (χ2v) is 11.2. The van der Waals surface area contributed by atoms with Crippen molar-refractivity contribution < 1.29 is 23.4 Å². The number of ether oxygens (including phenoxy) is 1. The highest BCUT2D eigenvalue weighted by Crippen LogP contribution is 2.33. The van der Waals surface area contributed by atoms with Crippen LogP contribution >= 0.6 is 0 Å². The van der Waals surface area contributed by atoms with Crippen molar-refractivity contribution in [1.29, 1.82) is 0 Å². The number of nitrogens with zero attached hydrogens (tertiary/aromatic N) is 7. The third kappa shape index (κ3) is 6.96. The first-order chi connectivity index (χ1) is 23.1. The summed E-state index contributed by atoms with van der Waals surface area (Å²) < 4.78 is 20.1. The van der Waals surface area contributed by atoms with Gasteiger partial charge in [0.25, 0.3) is 11.8 Å². The smallest absolute Gasteiger partial charge is 0.290 e. The molecule has 14 heteroatoms. The standard InChI is InChI=1S/C33H31N9O5/c43-32(29-16-27(38-46-29)22-8-3-1-4-9-22)34-12-7-13-41-19-31(35-21-41)45-20-26-18-36-40-42(26)25-14-24(15-25)37-33(44)30-17-28(39-47-30)23-10-5-2-6-11-23/h1-6,8-11,16-19,21,24-25H,7,12-15,20H2,(H,34,43)(H,37,44). The van der Waals surface area contributed by atoms with E-state index in [0.29, 0.717) is 49.6 Å². The van der Waals surface area contributed by atoms with E-state index in [2.05, 4.69) is 36.2 Å². The highest BCUT2D eigenvalue weighted by molar-refractivity contribution is 5.93. The van der Waals surface area contributed by atoms with Crippen molar-refractivity contribution in [3.63, 3.8) is 0 Å². The Morgan fingerprint density at radius 1 is 0.894 bits per heavy atom. The number of hydrogen-bond donors (Lipinski definition) is 2. The minimum Gasteiger partial charge on any atom is -0.470 e. The SMILES string of the molecule is O=C(NCCCn1cnc(OCc2cnnn2C2CC(NC(=O)c3cc(-c4ccccc4)no3)C2)c1)c1cc(-c2ccccc2)no1. The third-order valence-electron chi connectivity index (χ3n) is 7.91. The fourth-order valence-corrected chi connectivity index (χ4v) is 5.33. The molecular formula is C33H31N9O5. The largest absolute Gasteiger partial charge is 0.470 e. The van der Waals surface area contributed by atoms with E-state index in [0.717, 1.165) is 16.8 Å². The van der Waals surface area contributed by atoms with E-state index in [-0.39, 0.29) is 42.0 Å². The van der Waals surface area contributed by atoms with Crippen molar-refractivity contribution in [2.45, 2.75) is 44.5 Å². The first kappa shape index (κ1) is 29.6. The Kier molecular flexibility index (Phi) is 8.53. The maximum absolute atomic E-state index is 12.7. The molecule has 0 atom stereocenters. The molecule has 14 nitrogen and oxygen atoms in total. The maximum Gasteiger partial charge on any atom is 0.290 e. The van der Waals surface area contributed by atoms with Crippen LogP contribution in [0.3, 0.4) is 0 Å². The van der Waals surface area contributed by atoms with Crippen LogP contribution in [0.4, 0.5) is 0 Å². The van der Waals surface area contributed by atoms with E-state index < -0.39 is 0 Å². The van der Waals surface area contributed by atoms with Gasteiger partial charge in [-0.15, -0.1) is 5.10 Å². The summed E-state index contributed by atoms with van der Waals surface area (Å²) in [6, 6.07) is 22.4. The number of aromatic nitrogens is 7. The second kappa shape index (κ2) is 13.5. The molecule has 6 aromatic rings. The van der Waals surface area contributed by atoms with Crippen LogP contribution in [0, 0.1) is 0 Å². The van der Waals surface area contributed by atoms with Gasteiger partial charge in [-0.3, -0.25) is 9.59 Å². The van der Waals surface area contributed by atoms with Crippen LogP contribution in [-0.4, -0.2) is 59.3 Å². The average Bonchev–Trinajstić information content (AvgIpc) is 3.92. The summed E-state index contributed by atoms with van der Waals surface area (Å²) in [5.74, 6) is 0.206. The summed E-state index contributed by atoms with van der Waals surface area (Å²) in [5, 5.41) is 22.2. The Balaban J connectivity index is 0.825. The Morgan fingerprint density at radius 3 is 2.23 bits per heavy atom. The number of carbonyl (C=O) groups is 2. The molecule has 2 amide bonds. The van der Waals surface area contributed by atoms with E-state index in [1.54, 1.807) is 30.9 Å². The molecule has 238 valence electrons.